The molecule has 0 radical (unpaired) electrons. The SMILES string of the molecule is CC(=O)c1ccc(Oc2cc(C)ccc2[N+](=O)[O-])nc1. The van der Waals surface area contributed by atoms with Gasteiger partial charge in [0.1, 0.15) is 0 Å². The van der Waals surface area contributed by atoms with Crippen molar-refractivity contribution in [1.29, 1.82) is 0 Å². The first kappa shape index (κ1) is 13.7. The fraction of sp³-hybridized carbons (Fsp3) is 0.143. The van der Waals surface area contributed by atoms with Gasteiger partial charge < -0.3 is 4.74 Å². The van der Waals surface area contributed by atoms with Gasteiger partial charge in [-0.15, -0.1) is 0 Å². The minimum atomic E-state index is -0.515. The molecule has 0 N–H and O–H groups in total. The van der Waals surface area contributed by atoms with Crippen LogP contribution in [0.25, 0.3) is 0 Å². The molecule has 0 saturated carbocycles. The Labute approximate surface area is 115 Å². The predicted octanol–water partition coefficient (Wildman–Crippen LogP) is 3.29. The highest BCUT2D eigenvalue weighted by atomic mass is 16.6. The van der Waals surface area contributed by atoms with Gasteiger partial charge in [-0.25, -0.2) is 4.98 Å². The molecule has 1 heterocycles. The third kappa shape index (κ3) is 2.97. The maximum atomic E-state index is 11.1. The summed E-state index contributed by atoms with van der Waals surface area (Å²) in [5, 5.41) is 10.9. The van der Waals surface area contributed by atoms with Crippen molar-refractivity contribution in [2.24, 2.45) is 0 Å². The van der Waals surface area contributed by atoms with Crippen molar-refractivity contribution in [2.45, 2.75) is 13.8 Å². The molecule has 0 saturated heterocycles. The van der Waals surface area contributed by atoms with Crippen molar-refractivity contribution in [3.63, 3.8) is 0 Å². The Morgan fingerprint density at radius 3 is 2.60 bits per heavy atom. The van der Waals surface area contributed by atoms with Crippen LogP contribution in [0.5, 0.6) is 11.6 Å². The molecule has 1 aromatic heterocycles. The monoisotopic (exact) mass is 272 g/mol. The Morgan fingerprint density at radius 2 is 2.05 bits per heavy atom. The van der Waals surface area contributed by atoms with Crippen LogP contribution in [0.1, 0.15) is 22.8 Å². The second-order valence-electron chi connectivity index (χ2n) is 4.27. The highest BCUT2D eigenvalue weighted by Crippen LogP contribution is 2.31. The average Bonchev–Trinajstić information content (AvgIpc) is 2.39. The molecule has 6 nitrogen and oxygen atoms in total. The summed E-state index contributed by atoms with van der Waals surface area (Å²) in [4.78, 5) is 25.5. The van der Waals surface area contributed by atoms with Crippen molar-refractivity contribution >= 4 is 11.5 Å². The van der Waals surface area contributed by atoms with Gasteiger partial charge in [-0.3, -0.25) is 14.9 Å². The van der Waals surface area contributed by atoms with E-state index in [4.69, 9.17) is 4.74 Å². The zero-order valence-electron chi connectivity index (χ0n) is 11.0. The minimum Gasteiger partial charge on any atom is -0.432 e. The number of carbonyl (C=O) groups excluding carboxylic acids is 1. The minimum absolute atomic E-state index is 0.106. The summed E-state index contributed by atoms with van der Waals surface area (Å²) in [5.74, 6) is 0.215. The molecule has 0 aliphatic heterocycles. The molecular weight excluding hydrogens is 260 g/mol. The van der Waals surface area contributed by atoms with Gasteiger partial charge in [0.05, 0.1) is 4.92 Å². The van der Waals surface area contributed by atoms with E-state index < -0.39 is 4.92 Å². The summed E-state index contributed by atoms with van der Waals surface area (Å²) in [5.41, 5.74) is 1.16. The van der Waals surface area contributed by atoms with E-state index in [1.807, 2.05) is 6.92 Å². The van der Waals surface area contributed by atoms with Crippen LogP contribution in [0.15, 0.2) is 36.5 Å². The number of rotatable bonds is 4. The number of carbonyl (C=O) groups is 1. The Hall–Kier alpha value is -2.76. The molecule has 1 aromatic carbocycles. The van der Waals surface area contributed by atoms with Crippen LogP contribution in [-0.2, 0) is 0 Å². The second-order valence-corrected chi connectivity index (χ2v) is 4.27. The Bertz CT molecular complexity index is 665. The van der Waals surface area contributed by atoms with Gasteiger partial charge in [-0.2, -0.15) is 0 Å². The first-order valence-corrected chi connectivity index (χ1v) is 5.87. The highest BCUT2D eigenvalue weighted by molar-refractivity contribution is 5.93. The number of hydrogen-bond acceptors (Lipinski definition) is 5. The number of Topliss-reactive ketones (excluding diaryl/α,β-unsaturated/α-hetero) is 1. The largest absolute Gasteiger partial charge is 0.432 e. The lowest BCUT2D eigenvalue weighted by Crippen LogP contribution is -1.97. The van der Waals surface area contributed by atoms with Crippen LogP contribution < -0.4 is 4.74 Å². The molecule has 0 amide bonds. The topological polar surface area (TPSA) is 82.3 Å². The van der Waals surface area contributed by atoms with E-state index in [1.54, 1.807) is 18.2 Å². The van der Waals surface area contributed by atoms with E-state index in [-0.39, 0.29) is 23.1 Å². The van der Waals surface area contributed by atoms with Crippen molar-refractivity contribution in [1.82, 2.24) is 4.98 Å². The molecule has 20 heavy (non-hydrogen) atoms. The summed E-state index contributed by atoms with van der Waals surface area (Å²) in [6.07, 6.45) is 1.37. The van der Waals surface area contributed by atoms with Crippen LogP contribution in [0.2, 0.25) is 0 Å². The number of hydrogen-bond donors (Lipinski definition) is 0. The van der Waals surface area contributed by atoms with Crippen LogP contribution in [-0.4, -0.2) is 15.7 Å². The number of nitro groups is 1. The number of ketones is 1. The maximum Gasteiger partial charge on any atom is 0.311 e. The number of pyridine rings is 1. The molecular formula is C14H12N2O4. The Kier molecular flexibility index (Phi) is 3.74. The zero-order valence-corrected chi connectivity index (χ0v) is 11.0. The molecule has 102 valence electrons. The van der Waals surface area contributed by atoms with E-state index in [0.717, 1.165) is 5.56 Å². The lowest BCUT2D eigenvalue weighted by Gasteiger charge is -2.06. The highest BCUT2D eigenvalue weighted by Gasteiger charge is 2.16. The van der Waals surface area contributed by atoms with Gasteiger partial charge in [0.15, 0.2) is 5.78 Å². The smallest absolute Gasteiger partial charge is 0.311 e. The summed E-state index contributed by atoms with van der Waals surface area (Å²) in [7, 11) is 0. The third-order valence-corrected chi connectivity index (χ3v) is 2.67. The number of aryl methyl sites for hydroxylation is 1. The van der Waals surface area contributed by atoms with E-state index in [1.165, 1.54) is 25.3 Å². The summed E-state index contributed by atoms with van der Waals surface area (Å²) in [6, 6.07) is 7.65. The van der Waals surface area contributed by atoms with Crippen LogP contribution in [0.4, 0.5) is 5.69 Å². The van der Waals surface area contributed by atoms with Gasteiger partial charge in [0.25, 0.3) is 0 Å². The molecule has 0 unspecified atom stereocenters. The average molecular weight is 272 g/mol. The quantitative estimate of drug-likeness (QED) is 0.484. The lowest BCUT2D eigenvalue weighted by atomic mass is 10.2. The van der Waals surface area contributed by atoms with Crippen molar-refractivity contribution in [3.05, 3.63) is 57.8 Å². The van der Waals surface area contributed by atoms with Crippen molar-refractivity contribution in [2.75, 3.05) is 0 Å². The summed E-state index contributed by atoms with van der Waals surface area (Å²) < 4.78 is 5.42. The maximum absolute atomic E-state index is 11.1. The number of ether oxygens (including phenoxy) is 1. The van der Waals surface area contributed by atoms with Crippen LogP contribution in [0, 0.1) is 17.0 Å². The number of nitrogens with zero attached hydrogens (tertiary/aromatic N) is 2. The lowest BCUT2D eigenvalue weighted by molar-refractivity contribution is -0.385. The van der Waals surface area contributed by atoms with E-state index in [2.05, 4.69) is 4.98 Å². The van der Waals surface area contributed by atoms with E-state index in [9.17, 15) is 14.9 Å². The standard InChI is InChI=1S/C14H12N2O4/c1-9-3-5-12(16(18)19)13(7-9)20-14-6-4-11(8-15-14)10(2)17/h3-8H,1-2H3. The fourth-order valence-corrected chi connectivity index (χ4v) is 1.62. The molecule has 0 bridgehead atoms. The number of aromatic nitrogens is 1. The first-order chi connectivity index (χ1) is 9.47. The van der Waals surface area contributed by atoms with Gasteiger partial charge in [0, 0.05) is 23.9 Å². The molecule has 6 heteroatoms. The Morgan fingerprint density at radius 1 is 1.30 bits per heavy atom. The van der Waals surface area contributed by atoms with E-state index >= 15 is 0 Å². The summed E-state index contributed by atoms with van der Waals surface area (Å²) in [6.45, 7) is 3.24. The third-order valence-electron chi connectivity index (χ3n) is 2.67. The molecule has 0 aliphatic rings. The molecule has 2 rings (SSSR count). The second kappa shape index (κ2) is 5.48. The number of nitro benzene ring substituents is 1. The van der Waals surface area contributed by atoms with Gasteiger partial charge in [0.2, 0.25) is 11.6 Å². The van der Waals surface area contributed by atoms with E-state index in [0.29, 0.717) is 5.56 Å². The molecule has 0 aliphatic carbocycles. The van der Waals surface area contributed by atoms with Crippen LogP contribution >= 0.6 is 0 Å². The fourth-order valence-electron chi connectivity index (χ4n) is 1.62. The van der Waals surface area contributed by atoms with Gasteiger partial charge >= 0.3 is 5.69 Å². The van der Waals surface area contributed by atoms with Crippen molar-refractivity contribution in [3.8, 4) is 11.6 Å². The summed E-state index contributed by atoms with van der Waals surface area (Å²) >= 11 is 0. The zero-order chi connectivity index (χ0) is 14.7. The number of benzene rings is 1. The normalized spacial score (nSPS) is 10.1. The molecule has 0 fully saturated rings. The first-order valence-electron chi connectivity index (χ1n) is 5.87. The molecule has 2 aromatic rings. The van der Waals surface area contributed by atoms with Gasteiger partial charge in [-0.05, 0) is 31.5 Å². The Balaban J connectivity index is 2.31. The predicted molar refractivity (Wildman–Crippen MR) is 72.1 cm³/mol. The van der Waals surface area contributed by atoms with Crippen LogP contribution in [0.3, 0.4) is 0 Å². The van der Waals surface area contributed by atoms with Gasteiger partial charge in [-0.1, -0.05) is 6.07 Å². The molecule has 0 atom stereocenters. The molecule has 0 spiro atoms. The van der Waals surface area contributed by atoms with Crippen molar-refractivity contribution < 1.29 is 14.5 Å².